The monoisotopic (exact) mass is 290 g/mol. The Labute approximate surface area is 120 Å². The van der Waals surface area contributed by atoms with E-state index < -0.39 is 0 Å². The van der Waals surface area contributed by atoms with Crippen LogP contribution in [0.3, 0.4) is 0 Å². The van der Waals surface area contributed by atoms with Crippen molar-refractivity contribution in [3.8, 4) is 0 Å². The lowest BCUT2D eigenvalue weighted by Gasteiger charge is -2.30. The van der Waals surface area contributed by atoms with E-state index in [1.165, 1.54) is 11.6 Å². The van der Waals surface area contributed by atoms with Gasteiger partial charge in [0.1, 0.15) is 5.82 Å². The van der Waals surface area contributed by atoms with Gasteiger partial charge in [-0.15, -0.1) is 11.3 Å². The third kappa shape index (κ3) is 1.99. The standard InChI is InChI=1S/C16H15FO2S/c17-12-1-2-15-13(9-12)14(10-20-15)11-3-5-16(6-4-11)18-7-8-19-16/h1-3,9-10H,4-8H2. The lowest BCUT2D eigenvalue weighted by molar-refractivity contribution is -0.159. The molecular weight excluding hydrogens is 275 g/mol. The molecule has 1 spiro atoms. The zero-order chi connectivity index (χ0) is 13.6. The third-order valence-electron chi connectivity index (χ3n) is 4.13. The van der Waals surface area contributed by atoms with Crippen molar-refractivity contribution >= 4 is 27.0 Å². The molecule has 0 saturated carbocycles. The van der Waals surface area contributed by atoms with Crippen molar-refractivity contribution in [2.75, 3.05) is 13.2 Å². The Bertz CT molecular complexity index is 683. The average molecular weight is 290 g/mol. The molecule has 0 atom stereocenters. The van der Waals surface area contributed by atoms with E-state index in [2.05, 4.69) is 11.5 Å². The maximum absolute atomic E-state index is 13.4. The van der Waals surface area contributed by atoms with Crippen LogP contribution in [0.1, 0.15) is 24.8 Å². The first-order valence-corrected chi connectivity index (χ1v) is 7.78. The van der Waals surface area contributed by atoms with Crippen LogP contribution in [0.15, 0.2) is 29.7 Å². The molecule has 1 aliphatic carbocycles. The molecule has 0 bridgehead atoms. The smallest absolute Gasteiger partial charge is 0.172 e. The molecule has 2 nitrogen and oxygen atoms in total. The summed E-state index contributed by atoms with van der Waals surface area (Å²) in [4.78, 5) is 0. The van der Waals surface area contributed by atoms with Gasteiger partial charge in [-0.2, -0.15) is 0 Å². The lowest BCUT2D eigenvalue weighted by Crippen LogP contribution is -2.31. The van der Waals surface area contributed by atoms with Crippen molar-refractivity contribution in [1.29, 1.82) is 0 Å². The summed E-state index contributed by atoms with van der Waals surface area (Å²) in [6.07, 6.45) is 4.78. The highest BCUT2D eigenvalue weighted by molar-refractivity contribution is 7.17. The van der Waals surface area contributed by atoms with E-state index >= 15 is 0 Å². The first kappa shape index (κ1) is 12.5. The number of benzene rings is 1. The minimum atomic E-state index is -0.388. The Hall–Kier alpha value is -1.23. The number of rotatable bonds is 1. The van der Waals surface area contributed by atoms with Gasteiger partial charge in [-0.25, -0.2) is 4.39 Å². The van der Waals surface area contributed by atoms with E-state index in [0.717, 1.165) is 34.9 Å². The van der Waals surface area contributed by atoms with E-state index in [4.69, 9.17) is 9.47 Å². The number of fused-ring (bicyclic) bond motifs is 1. The Morgan fingerprint density at radius 1 is 1.20 bits per heavy atom. The molecule has 2 aliphatic rings. The van der Waals surface area contributed by atoms with Crippen molar-refractivity contribution in [2.45, 2.75) is 25.0 Å². The van der Waals surface area contributed by atoms with Gasteiger partial charge in [-0.3, -0.25) is 0 Å². The maximum Gasteiger partial charge on any atom is 0.172 e. The van der Waals surface area contributed by atoms with E-state index in [1.54, 1.807) is 17.4 Å². The van der Waals surface area contributed by atoms with Crippen LogP contribution in [0.5, 0.6) is 0 Å². The van der Waals surface area contributed by atoms with Crippen LogP contribution in [0.2, 0.25) is 0 Å². The van der Waals surface area contributed by atoms with Gasteiger partial charge in [0.05, 0.1) is 13.2 Å². The van der Waals surface area contributed by atoms with E-state index in [9.17, 15) is 4.39 Å². The van der Waals surface area contributed by atoms with Gasteiger partial charge < -0.3 is 9.47 Å². The Balaban J connectivity index is 1.70. The topological polar surface area (TPSA) is 18.5 Å². The van der Waals surface area contributed by atoms with Crippen LogP contribution in [0.4, 0.5) is 4.39 Å². The Morgan fingerprint density at radius 2 is 2.05 bits per heavy atom. The second kappa shape index (κ2) is 4.65. The summed E-state index contributed by atoms with van der Waals surface area (Å²) in [5, 5.41) is 3.15. The van der Waals surface area contributed by atoms with Crippen molar-refractivity contribution < 1.29 is 13.9 Å². The zero-order valence-corrected chi connectivity index (χ0v) is 11.8. The molecule has 0 radical (unpaired) electrons. The molecule has 1 saturated heterocycles. The lowest BCUT2D eigenvalue weighted by atomic mass is 9.89. The number of halogens is 1. The Kier molecular flexibility index (Phi) is 2.91. The van der Waals surface area contributed by atoms with Crippen LogP contribution in [0, 0.1) is 5.82 Å². The van der Waals surface area contributed by atoms with E-state index in [1.807, 2.05) is 6.07 Å². The summed E-state index contributed by atoms with van der Waals surface area (Å²) in [7, 11) is 0. The fraction of sp³-hybridized carbons (Fsp3) is 0.375. The second-order valence-corrected chi connectivity index (χ2v) is 6.24. The molecule has 2 heterocycles. The van der Waals surface area contributed by atoms with Gasteiger partial charge in [0.2, 0.25) is 0 Å². The minimum Gasteiger partial charge on any atom is -0.347 e. The molecule has 0 unspecified atom stereocenters. The molecule has 1 aromatic carbocycles. The van der Waals surface area contributed by atoms with E-state index in [0.29, 0.717) is 13.2 Å². The highest BCUT2D eigenvalue weighted by Gasteiger charge is 2.37. The van der Waals surface area contributed by atoms with Gasteiger partial charge in [0, 0.05) is 22.9 Å². The molecule has 20 heavy (non-hydrogen) atoms. The predicted octanol–water partition coefficient (Wildman–Crippen LogP) is 4.35. The fourth-order valence-electron chi connectivity index (χ4n) is 3.06. The molecule has 104 valence electrons. The van der Waals surface area contributed by atoms with Gasteiger partial charge in [-0.1, -0.05) is 6.08 Å². The highest BCUT2D eigenvalue weighted by Crippen LogP contribution is 2.41. The van der Waals surface area contributed by atoms with Gasteiger partial charge >= 0.3 is 0 Å². The normalized spacial score (nSPS) is 21.6. The molecule has 1 fully saturated rings. The molecular formula is C16H15FO2S. The molecule has 0 amide bonds. The SMILES string of the molecule is Fc1ccc2scc(C3=CCC4(CC3)OCCO4)c2c1. The minimum absolute atomic E-state index is 0.174. The van der Waals surface area contributed by atoms with Crippen molar-refractivity contribution in [3.05, 3.63) is 41.0 Å². The largest absolute Gasteiger partial charge is 0.347 e. The number of ether oxygens (including phenoxy) is 2. The summed E-state index contributed by atoms with van der Waals surface area (Å²) < 4.78 is 26.0. The molecule has 0 N–H and O–H groups in total. The number of allylic oxidation sites excluding steroid dienone is 1. The van der Waals surface area contributed by atoms with Crippen LogP contribution >= 0.6 is 11.3 Å². The second-order valence-electron chi connectivity index (χ2n) is 5.33. The molecule has 4 rings (SSSR count). The zero-order valence-electron chi connectivity index (χ0n) is 11.0. The summed E-state index contributed by atoms with van der Waals surface area (Å²) >= 11 is 1.67. The number of thiophene rings is 1. The summed E-state index contributed by atoms with van der Waals surface area (Å²) in [6, 6.07) is 5.01. The maximum atomic E-state index is 13.4. The summed E-state index contributed by atoms with van der Waals surface area (Å²) in [6.45, 7) is 1.38. The number of hydrogen-bond donors (Lipinski definition) is 0. The van der Waals surface area contributed by atoms with Crippen LogP contribution < -0.4 is 0 Å². The first-order chi connectivity index (χ1) is 9.76. The average Bonchev–Trinajstić information content (AvgIpc) is 3.07. The fourth-order valence-corrected chi connectivity index (χ4v) is 4.03. The summed E-state index contributed by atoms with van der Waals surface area (Å²) in [5.74, 6) is -0.562. The van der Waals surface area contributed by atoms with E-state index in [-0.39, 0.29) is 11.6 Å². The van der Waals surface area contributed by atoms with Gasteiger partial charge in [-0.05, 0) is 41.1 Å². The quantitative estimate of drug-likeness (QED) is 0.777. The molecule has 1 aromatic heterocycles. The third-order valence-corrected chi connectivity index (χ3v) is 5.09. The molecule has 4 heteroatoms. The van der Waals surface area contributed by atoms with Crippen LogP contribution in [-0.2, 0) is 9.47 Å². The predicted molar refractivity (Wildman–Crippen MR) is 78.2 cm³/mol. The highest BCUT2D eigenvalue weighted by atomic mass is 32.1. The van der Waals surface area contributed by atoms with Crippen molar-refractivity contribution in [1.82, 2.24) is 0 Å². The van der Waals surface area contributed by atoms with Crippen LogP contribution in [0.25, 0.3) is 15.7 Å². The molecule has 2 aromatic rings. The van der Waals surface area contributed by atoms with Crippen molar-refractivity contribution in [2.24, 2.45) is 0 Å². The number of hydrogen-bond acceptors (Lipinski definition) is 3. The van der Waals surface area contributed by atoms with Crippen LogP contribution in [-0.4, -0.2) is 19.0 Å². The summed E-state index contributed by atoms with van der Waals surface area (Å²) in [5.41, 5.74) is 2.45. The first-order valence-electron chi connectivity index (χ1n) is 6.90. The Morgan fingerprint density at radius 3 is 2.80 bits per heavy atom. The van der Waals surface area contributed by atoms with Gasteiger partial charge in [0.15, 0.2) is 5.79 Å². The molecule has 1 aliphatic heterocycles. The van der Waals surface area contributed by atoms with Gasteiger partial charge in [0.25, 0.3) is 0 Å². The van der Waals surface area contributed by atoms with Crippen molar-refractivity contribution in [3.63, 3.8) is 0 Å².